The maximum Gasteiger partial charge on any atom is 0.344 e. The summed E-state index contributed by atoms with van der Waals surface area (Å²) in [5, 5.41) is 6.39. The monoisotopic (exact) mass is 599 g/mol. The fourth-order valence-corrected chi connectivity index (χ4v) is 3.77. The molecule has 2 N–H and O–H groups in total. The Morgan fingerprint density at radius 3 is 2.13 bits per heavy atom. The summed E-state index contributed by atoms with van der Waals surface area (Å²) >= 11 is 3.32. The van der Waals surface area contributed by atoms with Gasteiger partial charge in [0, 0.05) is 10.0 Å². The largest absolute Gasteiger partial charge is 0.493 e. The lowest BCUT2D eigenvalue weighted by molar-refractivity contribution is -0.120. The van der Waals surface area contributed by atoms with Crippen LogP contribution in [0.2, 0.25) is 0 Å². The Labute approximate surface area is 233 Å². The molecule has 0 aliphatic rings. The third-order valence-electron chi connectivity index (χ3n) is 5.22. The van der Waals surface area contributed by atoms with Gasteiger partial charge in [0.15, 0.2) is 23.0 Å². The van der Waals surface area contributed by atoms with E-state index in [-0.39, 0.29) is 17.9 Å². The summed E-state index contributed by atoms with van der Waals surface area (Å²) in [6, 6.07) is 14.6. The Morgan fingerprint density at radius 1 is 0.846 bits per heavy atom. The maximum absolute atomic E-state index is 12.5. The van der Waals surface area contributed by atoms with Gasteiger partial charge in [0.05, 0.1) is 46.8 Å². The van der Waals surface area contributed by atoms with E-state index in [1.165, 1.54) is 46.8 Å². The second-order valence-electron chi connectivity index (χ2n) is 7.67. The third kappa shape index (κ3) is 7.48. The molecule has 3 aromatic rings. The normalized spacial score (nSPS) is 10.5. The smallest absolute Gasteiger partial charge is 0.344 e. The molecule has 0 saturated heterocycles. The highest BCUT2D eigenvalue weighted by Crippen LogP contribution is 2.38. The van der Waals surface area contributed by atoms with E-state index in [2.05, 4.69) is 31.8 Å². The summed E-state index contributed by atoms with van der Waals surface area (Å²) in [6.45, 7) is -0.333. The van der Waals surface area contributed by atoms with Crippen molar-refractivity contribution < 1.29 is 38.1 Å². The van der Waals surface area contributed by atoms with Gasteiger partial charge < -0.3 is 29.0 Å². The number of esters is 1. The molecule has 0 unspecified atom stereocenters. The average Bonchev–Trinajstić information content (AvgIpc) is 2.95. The molecule has 12 heteroatoms. The quantitative estimate of drug-likeness (QED) is 0.148. The number of amides is 2. The Morgan fingerprint density at radius 2 is 1.51 bits per heavy atom. The lowest BCUT2D eigenvalue weighted by Gasteiger charge is -2.14. The molecule has 3 aromatic carbocycles. The van der Waals surface area contributed by atoms with E-state index in [0.717, 1.165) is 0 Å². The number of rotatable bonds is 11. The van der Waals surface area contributed by atoms with Crippen LogP contribution in [0.25, 0.3) is 0 Å². The second-order valence-corrected chi connectivity index (χ2v) is 8.52. The van der Waals surface area contributed by atoms with Crippen LogP contribution in [0, 0.1) is 0 Å². The van der Waals surface area contributed by atoms with Crippen LogP contribution in [-0.2, 0) is 4.79 Å². The summed E-state index contributed by atoms with van der Waals surface area (Å²) in [4.78, 5) is 37.2. The van der Waals surface area contributed by atoms with E-state index in [1.54, 1.807) is 42.5 Å². The minimum Gasteiger partial charge on any atom is -0.493 e. The SMILES string of the molecule is COc1cc(/C=N\NC(=O)CNC(=O)c2cc(OC)c(OC)c(OC)c2)ccc1OC(=O)c1ccccc1Br. The lowest BCUT2D eigenvalue weighted by atomic mass is 10.1. The molecule has 0 atom stereocenters. The molecule has 0 aliphatic carbocycles. The van der Waals surface area contributed by atoms with Crippen LogP contribution in [0.1, 0.15) is 26.3 Å². The Hall–Kier alpha value is -4.58. The number of nitrogens with zero attached hydrogens (tertiary/aromatic N) is 1. The van der Waals surface area contributed by atoms with Crippen molar-refractivity contribution in [2.45, 2.75) is 0 Å². The summed E-state index contributed by atoms with van der Waals surface area (Å²) in [5.41, 5.74) is 3.47. The van der Waals surface area contributed by atoms with Crippen molar-refractivity contribution in [1.82, 2.24) is 10.7 Å². The van der Waals surface area contributed by atoms with E-state index < -0.39 is 17.8 Å². The molecule has 204 valence electrons. The first-order valence-corrected chi connectivity index (χ1v) is 12.1. The molecule has 0 fully saturated rings. The maximum atomic E-state index is 12.5. The van der Waals surface area contributed by atoms with Gasteiger partial charge in [-0.15, -0.1) is 0 Å². The highest BCUT2D eigenvalue weighted by atomic mass is 79.9. The summed E-state index contributed by atoms with van der Waals surface area (Å²) in [7, 11) is 5.76. The van der Waals surface area contributed by atoms with Crippen molar-refractivity contribution in [2.75, 3.05) is 35.0 Å². The number of nitrogens with one attached hydrogen (secondary N) is 2. The number of hydrogen-bond donors (Lipinski definition) is 2. The van der Waals surface area contributed by atoms with Crippen molar-refractivity contribution in [1.29, 1.82) is 0 Å². The molecule has 0 aromatic heterocycles. The highest BCUT2D eigenvalue weighted by Gasteiger charge is 2.18. The first-order chi connectivity index (χ1) is 18.8. The average molecular weight is 600 g/mol. The standard InChI is InChI=1S/C27H26BrN3O8/c1-35-21-11-16(9-10-20(21)39-27(34)18-7-5-6-8-19(18)28)14-30-31-24(32)15-29-26(33)17-12-22(36-2)25(38-4)23(13-17)37-3/h5-14H,15H2,1-4H3,(H,29,33)(H,31,32)/b30-14-. The second kappa shape index (κ2) is 13.8. The number of carbonyl (C=O) groups excluding carboxylic acids is 3. The Kier molecular flexibility index (Phi) is 10.3. The van der Waals surface area contributed by atoms with Crippen molar-refractivity contribution in [3.05, 3.63) is 75.8 Å². The van der Waals surface area contributed by atoms with Crippen LogP contribution in [0.15, 0.2) is 64.2 Å². The van der Waals surface area contributed by atoms with Crippen LogP contribution >= 0.6 is 15.9 Å². The van der Waals surface area contributed by atoms with Gasteiger partial charge >= 0.3 is 5.97 Å². The van der Waals surface area contributed by atoms with Crippen LogP contribution in [-0.4, -0.2) is 59.0 Å². The summed E-state index contributed by atoms with van der Waals surface area (Å²) in [5.74, 6) is -0.167. The fraction of sp³-hybridized carbons (Fsp3) is 0.185. The van der Waals surface area contributed by atoms with E-state index in [1.807, 2.05) is 0 Å². The van der Waals surface area contributed by atoms with Gasteiger partial charge in [0.2, 0.25) is 5.75 Å². The first kappa shape index (κ1) is 29.0. The van der Waals surface area contributed by atoms with E-state index in [4.69, 9.17) is 23.7 Å². The number of ether oxygens (including phenoxy) is 5. The Bertz CT molecular complexity index is 1370. The summed E-state index contributed by atoms with van der Waals surface area (Å²) < 4.78 is 27.1. The summed E-state index contributed by atoms with van der Waals surface area (Å²) in [6.07, 6.45) is 1.38. The lowest BCUT2D eigenvalue weighted by Crippen LogP contribution is -2.34. The van der Waals surface area contributed by atoms with Crippen molar-refractivity contribution >= 4 is 39.9 Å². The molecule has 39 heavy (non-hydrogen) atoms. The van der Waals surface area contributed by atoms with Crippen molar-refractivity contribution in [2.24, 2.45) is 5.10 Å². The van der Waals surface area contributed by atoms with E-state index >= 15 is 0 Å². The molecule has 0 spiro atoms. The van der Waals surface area contributed by atoms with Gasteiger partial charge in [-0.1, -0.05) is 12.1 Å². The first-order valence-electron chi connectivity index (χ1n) is 11.4. The molecule has 0 bridgehead atoms. The van der Waals surface area contributed by atoms with Gasteiger partial charge in [-0.25, -0.2) is 10.2 Å². The zero-order valence-corrected chi connectivity index (χ0v) is 23.2. The number of benzene rings is 3. The molecule has 0 aliphatic heterocycles. The van der Waals surface area contributed by atoms with Crippen LogP contribution in [0.4, 0.5) is 0 Å². The predicted octanol–water partition coefficient (Wildman–Crippen LogP) is 3.58. The van der Waals surface area contributed by atoms with Crippen LogP contribution in [0.5, 0.6) is 28.7 Å². The molecule has 0 heterocycles. The molecular formula is C27H26BrN3O8. The minimum absolute atomic E-state index is 0.216. The molecule has 3 rings (SSSR count). The predicted molar refractivity (Wildman–Crippen MR) is 146 cm³/mol. The fourth-order valence-electron chi connectivity index (χ4n) is 3.32. The highest BCUT2D eigenvalue weighted by molar-refractivity contribution is 9.10. The molecule has 0 saturated carbocycles. The minimum atomic E-state index is -0.557. The van der Waals surface area contributed by atoms with Crippen LogP contribution in [0.3, 0.4) is 0 Å². The molecule has 11 nitrogen and oxygen atoms in total. The van der Waals surface area contributed by atoms with Gasteiger partial charge in [-0.3, -0.25) is 9.59 Å². The molecule has 2 amide bonds. The van der Waals surface area contributed by atoms with Gasteiger partial charge in [-0.2, -0.15) is 5.10 Å². The topological polar surface area (TPSA) is 134 Å². The molecular weight excluding hydrogens is 574 g/mol. The molecule has 0 radical (unpaired) electrons. The Balaban J connectivity index is 1.57. The third-order valence-corrected chi connectivity index (χ3v) is 5.91. The van der Waals surface area contributed by atoms with E-state index in [9.17, 15) is 14.4 Å². The number of hydrogen-bond acceptors (Lipinski definition) is 9. The van der Waals surface area contributed by atoms with Gasteiger partial charge in [-0.05, 0) is 64.0 Å². The van der Waals surface area contributed by atoms with Gasteiger partial charge in [0.1, 0.15) is 0 Å². The van der Waals surface area contributed by atoms with E-state index in [0.29, 0.717) is 38.6 Å². The number of hydrazone groups is 1. The van der Waals surface area contributed by atoms with Crippen molar-refractivity contribution in [3.63, 3.8) is 0 Å². The van der Waals surface area contributed by atoms with Crippen molar-refractivity contribution in [3.8, 4) is 28.7 Å². The van der Waals surface area contributed by atoms with Gasteiger partial charge in [0.25, 0.3) is 11.8 Å². The zero-order valence-electron chi connectivity index (χ0n) is 21.6. The zero-order chi connectivity index (χ0) is 28.4. The number of halogens is 1. The number of carbonyl (C=O) groups is 3. The number of methoxy groups -OCH3 is 4. The van der Waals surface area contributed by atoms with Crippen LogP contribution < -0.4 is 34.4 Å².